The number of fused-ring (bicyclic) bond motifs is 5. The van der Waals surface area contributed by atoms with Crippen LogP contribution in [0.1, 0.15) is 66.2 Å². The molecule has 0 radical (unpaired) electrons. The molecule has 4 rings (SSSR count). The van der Waals surface area contributed by atoms with Gasteiger partial charge in [-0.15, -0.1) is 0 Å². The molecule has 134 valence electrons. The van der Waals surface area contributed by atoms with Gasteiger partial charge in [-0.05, 0) is 74.2 Å². The highest BCUT2D eigenvalue weighted by Crippen LogP contribution is 2.68. The molecule has 0 bridgehead atoms. The summed E-state index contributed by atoms with van der Waals surface area (Å²) >= 11 is 0. The summed E-state index contributed by atoms with van der Waals surface area (Å²) in [7, 11) is 0. The standard InChI is InChI=1S/C21H32O3/c1-12-9-13-10-14(22)5-7-19(13,2)18-16(23)11-20(3)15(17(12)18)6-8-21(20,4)24/h10,12,15-18,23-24H,5-9,11H2,1-4H3/t12-,15+,16?,17+,18+,19+,20+,21+/m1/s1. The van der Waals surface area contributed by atoms with E-state index in [-0.39, 0.29) is 28.6 Å². The zero-order valence-corrected chi connectivity index (χ0v) is 15.5. The zero-order chi connectivity index (χ0) is 17.5. The largest absolute Gasteiger partial charge is 0.393 e. The van der Waals surface area contributed by atoms with E-state index in [0.717, 1.165) is 25.7 Å². The van der Waals surface area contributed by atoms with Crippen LogP contribution in [0.25, 0.3) is 0 Å². The highest BCUT2D eigenvalue weighted by atomic mass is 16.3. The average molecular weight is 332 g/mol. The molecule has 0 aromatic heterocycles. The van der Waals surface area contributed by atoms with Gasteiger partial charge in [0.2, 0.25) is 0 Å². The van der Waals surface area contributed by atoms with E-state index in [1.807, 2.05) is 13.0 Å². The molecular weight excluding hydrogens is 300 g/mol. The van der Waals surface area contributed by atoms with Gasteiger partial charge in [0.1, 0.15) is 0 Å². The van der Waals surface area contributed by atoms with Crippen LogP contribution in [0.2, 0.25) is 0 Å². The maximum Gasteiger partial charge on any atom is 0.155 e. The van der Waals surface area contributed by atoms with Gasteiger partial charge in [-0.25, -0.2) is 0 Å². The van der Waals surface area contributed by atoms with Crippen molar-refractivity contribution in [3.05, 3.63) is 11.6 Å². The minimum absolute atomic E-state index is 0.0414. The molecule has 3 saturated carbocycles. The predicted molar refractivity (Wildman–Crippen MR) is 93.3 cm³/mol. The fourth-order valence-electron chi connectivity index (χ4n) is 7.23. The van der Waals surface area contributed by atoms with Gasteiger partial charge in [0.05, 0.1) is 11.7 Å². The second kappa shape index (κ2) is 4.94. The summed E-state index contributed by atoms with van der Waals surface area (Å²) in [5.41, 5.74) is 0.368. The van der Waals surface area contributed by atoms with E-state index < -0.39 is 5.60 Å². The second-order valence-corrected chi connectivity index (χ2v) is 9.95. The van der Waals surface area contributed by atoms with Crippen molar-refractivity contribution in [2.45, 2.75) is 77.9 Å². The van der Waals surface area contributed by atoms with Crippen molar-refractivity contribution in [1.82, 2.24) is 0 Å². The summed E-state index contributed by atoms with van der Waals surface area (Å²) < 4.78 is 0. The van der Waals surface area contributed by atoms with Gasteiger partial charge in [-0.2, -0.15) is 0 Å². The fourth-order valence-corrected chi connectivity index (χ4v) is 7.23. The molecule has 0 aromatic carbocycles. The summed E-state index contributed by atoms with van der Waals surface area (Å²) in [4.78, 5) is 12.0. The summed E-state index contributed by atoms with van der Waals surface area (Å²) in [6, 6.07) is 0. The third-order valence-corrected chi connectivity index (χ3v) is 8.81. The summed E-state index contributed by atoms with van der Waals surface area (Å²) in [6.07, 6.45) is 6.57. The lowest BCUT2D eigenvalue weighted by molar-refractivity contribution is -0.176. The molecular formula is C21H32O3. The first-order valence-electron chi connectivity index (χ1n) is 9.74. The lowest BCUT2D eigenvalue weighted by Gasteiger charge is -2.62. The summed E-state index contributed by atoms with van der Waals surface area (Å²) in [5, 5.41) is 22.2. The smallest absolute Gasteiger partial charge is 0.155 e. The van der Waals surface area contributed by atoms with Crippen LogP contribution in [0.15, 0.2) is 11.6 Å². The molecule has 0 amide bonds. The molecule has 8 atom stereocenters. The first-order valence-corrected chi connectivity index (χ1v) is 9.74. The SMILES string of the molecule is C[C@@H]1CC2=CC(=O)CC[C@]2(C)[C@H]2C(O)C[C@@]3(C)[C@@H](CC[C@]3(C)O)[C@H]12. The summed E-state index contributed by atoms with van der Waals surface area (Å²) in [5.74, 6) is 1.88. The minimum Gasteiger partial charge on any atom is -0.393 e. The molecule has 0 spiro atoms. The Morgan fingerprint density at radius 2 is 1.92 bits per heavy atom. The van der Waals surface area contributed by atoms with E-state index in [0.29, 0.717) is 30.6 Å². The second-order valence-electron chi connectivity index (χ2n) is 9.95. The monoisotopic (exact) mass is 332 g/mol. The third kappa shape index (κ3) is 1.94. The molecule has 4 aliphatic rings. The Kier molecular flexibility index (Phi) is 3.46. The maximum absolute atomic E-state index is 12.0. The van der Waals surface area contributed by atoms with E-state index in [4.69, 9.17) is 0 Å². The van der Waals surface area contributed by atoms with Crippen molar-refractivity contribution in [2.75, 3.05) is 0 Å². The Bertz CT molecular complexity index is 606. The van der Waals surface area contributed by atoms with Crippen LogP contribution in [-0.4, -0.2) is 27.7 Å². The number of ketones is 1. The lowest BCUT2D eigenvalue weighted by atomic mass is 9.43. The van der Waals surface area contributed by atoms with Crippen molar-refractivity contribution >= 4 is 5.78 Å². The van der Waals surface area contributed by atoms with E-state index in [1.165, 1.54) is 5.57 Å². The molecule has 2 N–H and O–H groups in total. The highest BCUT2D eigenvalue weighted by Gasteiger charge is 2.66. The van der Waals surface area contributed by atoms with Crippen molar-refractivity contribution in [1.29, 1.82) is 0 Å². The topological polar surface area (TPSA) is 57.5 Å². The molecule has 0 aromatic rings. The molecule has 0 aliphatic heterocycles. The number of allylic oxidation sites excluding steroid dienone is 1. The highest BCUT2D eigenvalue weighted by molar-refractivity contribution is 5.91. The number of hydrogen-bond acceptors (Lipinski definition) is 3. The first-order chi connectivity index (χ1) is 11.1. The van der Waals surface area contributed by atoms with Gasteiger partial charge in [-0.3, -0.25) is 4.79 Å². The van der Waals surface area contributed by atoms with Gasteiger partial charge < -0.3 is 10.2 Å². The molecule has 4 aliphatic carbocycles. The van der Waals surface area contributed by atoms with Crippen LogP contribution in [0, 0.1) is 34.5 Å². The van der Waals surface area contributed by atoms with Crippen LogP contribution >= 0.6 is 0 Å². The molecule has 0 heterocycles. The van der Waals surface area contributed by atoms with Gasteiger partial charge in [0.25, 0.3) is 0 Å². The molecule has 3 fully saturated rings. The first kappa shape index (κ1) is 16.8. The number of rotatable bonds is 0. The number of hydrogen-bond donors (Lipinski definition) is 2. The Morgan fingerprint density at radius 1 is 1.21 bits per heavy atom. The Hall–Kier alpha value is -0.670. The van der Waals surface area contributed by atoms with Gasteiger partial charge in [-0.1, -0.05) is 26.3 Å². The number of carbonyl (C=O) groups excluding carboxylic acids is 1. The van der Waals surface area contributed by atoms with Crippen LogP contribution in [0.5, 0.6) is 0 Å². The molecule has 0 saturated heterocycles. The van der Waals surface area contributed by atoms with Crippen molar-refractivity contribution in [3.8, 4) is 0 Å². The zero-order valence-electron chi connectivity index (χ0n) is 15.5. The minimum atomic E-state index is -0.678. The third-order valence-electron chi connectivity index (χ3n) is 8.81. The Morgan fingerprint density at radius 3 is 2.62 bits per heavy atom. The van der Waals surface area contributed by atoms with Crippen molar-refractivity contribution < 1.29 is 15.0 Å². The van der Waals surface area contributed by atoms with Crippen LogP contribution in [0.3, 0.4) is 0 Å². The quantitative estimate of drug-likeness (QED) is 0.714. The molecule has 3 heteroatoms. The summed E-state index contributed by atoms with van der Waals surface area (Å²) in [6.45, 7) is 8.76. The van der Waals surface area contributed by atoms with E-state index in [2.05, 4.69) is 20.8 Å². The number of aliphatic hydroxyl groups is 2. The van der Waals surface area contributed by atoms with Gasteiger partial charge >= 0.3 is 0 Å². The maximum atomic E-state index is 12.0. The van der Waals surface area contributed by atoms with Gasteiger partial charge in [0.15, 0.2) is 5.78 Å². The van der Waals surface area contributed by atoms with Crippen molar-refractivity contribution in [3.63, 3.8) is 0 Å². The molecule has 1 unspecified atom stereocenters. The van der Waals surface area contributed by atoms with E-state index in [1.54, 1.807) is 0 Å². The molecule has 3 nitrogen and oxygen atoms in total. The van der Waals surface area contributed by atoms with E-state index in [9.17, 15) is 15.0 Å². The van der Waals surface area contributed by atoms with Crippen LogP contribution in [0.4, 0.5) is 0 Å². The van der Waals surface area contributed by atoms with Crippen molar-refractivity contribution in [2.24, 2.45) is 34.5 Å². The van der Waals surface area contributed by atoms with Crippen LogP contribution < -0.4 is 0 Å². The number of carbonyl (C=O) groups is 1. The predicted octanol–water partition coefficient (Wildman–Crippen LogP) is 3.49. The lowest BCUT2D eigenvalue weighted by Crippen LogP contribution is -2.61. The Balaban J connectivity index is 1.80. The molecule has 24 heavy (non-hydrogen) atoms. The van der Waals surface area contributed by atoms with Gasteiger partial charge in [0, 0.05) is 11.8 Å². The average Bonchev–Trinajstić information content (AvgIpc) is 2.71. The normalized spacial score (nSPS) is 57.0. The fraction of sp³-hybridized carbons (Fsp3) is 0.857. The van der Waals surface area contributed by atoms with Crippen LogP contribution in [-0.2, 0) is 4.79 Å². The number of aliphatic hydroxyl groups excluding tert-OH is 1. The van der Waals surface area contributed by atoms with E-state index >= 15 is 0 Å². The Labute approximate surface area is 145 Å².